The maximum atomic E-state index is 12.8. The second kappa shape index (κ2) is 8.86. The first kappa shape index (κ1) is 23.7. The first-order valence-electron chi connectivity index (χ1n) is 9.79. The van der Waals surface area contributed by atoms with Crippen LogP contribution in [0.15, 0.2) is 48.5 Å². The number of halogens is 3. The molecule has 8 heteroatoms. The van der Waals surface area contributed by atoms with Crippen LogP contribution in [0.25, 0.3) is 10.4 Å². The highest BCUT2D eigenvalue weighted by Crippen LogP contribution is 2.35. The summed E-state index contributed by atoms with van der Waals surface area (Å²) in [7, 11) is 0. The number of carboxylic acids is 1. The average Bonchev–Trinajstić information content (AvgIpc) is 3.08. The smallest absolute Gasteiger partial charge is 0.416 e. The minimum Gasteiger partial charge on any atom is -0.489 e. The third-order valence-corrected chi connectivity index (χ3v) is 6.08. The van der Waals surface area contributed by atoms with E-state index in [1.807, 2.05) is 13.0 Å². The molecule has 1 aromatic heterocycles. The number of ether oxygens (including phenoxy) is 2. The lowest BCUT2D eigenvalue weighted by molar-refractivity contribution is -0.152. The van der Waals surface area contributed by atoms with Crippen LogP contribution >= 0.6 is 11.3 Å². The summed E-state index contributed by atoms with van der Waals surface area (Å²) in [5, 5.41) is 9.22. The van der Waals surface area contributed by atoms with Gasteiger partial charge in [0.15, 0.2) is 5.60 Å². The molecule has 1 N–H and O–H groups in total. The zero-order chi connectivity index (χ0) is 23.7. The summed E-state index contributed by atoms with van der Waals surface area (Å²) in [5.74, 6) is -0.000255. The molecule has 0 amide bonds. The van der Waals surface area contributed by atoms with Gasteiger partial charge in [0.25, 0.3) is 0 Å². The molecule has 0 saturated carbocycles. The van der Waals surface area contributed by atoms with Gasteiger partial charge in [0, 0.05) is 15.3 Å². The zero-order valence-electron chi connectivity index (χ0n) is 18.0. The Morgan fingerprint density at radius 2 is 1.69 bits per heavy atom. The van der Waals surface area contributed by atoms with Crippen molar-refractivity contribution < 1.29 is 32.5 Å². The minimum absolute atomic E-state index is 0.295. The summed E-state index contributed by atoms with van der Waals surface area (Å²) >= 11 is 1.49. The van der Waals surface area contributed by atoms with Gasteiger partial charge in [-0.05, 0) is 75.2 Å². The predicted molar refractivity (Wildman–Crippen MR) is 117 cm³/mol. The second-order valence-corrected chi connectivity index (χ2v) is 9.16. The van der Waals surface area contributed by atoms with E-state index >= 15 is 0 Å². The maximum Gasteiger partial charge on any atom is 0.416 e. The van der Waals surface area contributed by atoms with Gasteiger partial charge in [-0.3, -0.25) is 0 Å². The van der Waals surface area contributed by atoms with Gasteiger partial charge in [0.2, 0.25) is 0 Å². The molecule has 0 unspecified atom stereocenters. The molecule has 32 heavy (non-hydrogen) atoms. The number of aliphatic carboxylic acids is 1. The summed E-state index contributed by atoms with van der Waals surface area (Å²) in [6.07, 6.45) is -4.36. The Hall–Kier alpha value is -3.00. The van der Waals surface area contributed by atoms with Crippen molar-refractivity contribution in [3.05, 3.63) is 70.1 Å². The fourth-order valence-corrected chi connectivity index (χ4v) is 3.97. The van der Waals surface area contributed by atoms with E-state index in [9.17, 15) is 23.1 Å². The van der Waals surface area contributed by atoms with Crippen molar-refractivity contribution in [3.8, 4) is 21.9 Å². The fourth-order valence-electron chi connectivity index (χ4n) is 2.93. The molecule has 4 nitrogen and oxygen atoms in total. The SMILES string of the molecule is Cc1cc(OCc2cc(-c3ccc(C(F)(F)F)cc3)sc2C)ccc1OC(C)(C)C(=O)O. The second-order valence-electron chi connectivity index (χ2n) is 7.90. The molecular weight excluding hydrogens is 441 g/mol. The molecular formula is C24H23F3O4S. The first-order valence-corrected chi connectivity index (χ1v) is 10.6. The van der Waals surface area contributed by atoms with E-state index in [1.54, 1.807) is 25.1 Å². The fraction of sp³-hybridized carbons (Fsp3) is 0.292. The van der Waals surface area contributed by atoms with Gasteiger partial charge in [-0.25, -0.2) is 4.79 Å². The lowest BCUT2D eigenvalue weighted by Gasteiger charge is -2.23. The van der Waals surface area contributed by atoms with E-state index in [4.69, 9.17) is 9.47 Å². The van der Waals surface area contributed by atoms with Crippen molar-refractivity contribution >= 4 is 17.3 Å². The maximum absolute atomic E-state index is 12.8. The van der Waals surface area contributed by atoms with Crippen LogP contribution < -0.4 is 9.47 Å². The summed E-state index contributed by atoms with van der Waals surface area (Å²) in [6, 6.07) is 12.2. The van der Waals surface area contributed by atoms with E-state index < -0.39 is 23.3 Å². The summed E-state index contributed by atoms with van der Waals surface area (Å²) in [4.78, 5) is 13.1. The van der Waals surface area contributed by atoms with Crippen LogP contribution in [0.2, 0.25) is 0 Å². The molecule has 0 saturated heterocycles. The van der Waals surface area contributed by atoms with Gasteiger partial charge in [0.1, 0.15) is 18.1 Å². The quantitative estimate of drug-likeness (QED) is 0.414. The predicted octanol–water partition coefficient (Wildman–Crippen LogP) is 6.87. The highest BCUT2D eigenvalue weighted by atomic mass is 32.1. The van der Waals surface area contributed by atoms with E-state index in [0.29, 0.717) is 18.1 Å². The number of thiophene rings is 1. The Labute approximate surface area is 188 Å². The summed E-state index contributed by atoms with van der Waals surface area (Å²) in [5.41, 5.74) is 0.373. The van der Waals surface area contributed by atoms with Crippen molar-refractivity contribution in [1.29, 1.82) is 0 Å². The largest absolute Gasteiger partial charge is 0.489 e. The molecule has 170 valence electrons. The Balaban J connectivity index is 1.70. The Bertz CT molecular complexity index is 1120. The topological polar surface area (TPSA) is 55.8 Å². The summed E-state index contributed by atoms with van der Waals surface area (Å²) < 4.78 is 49.8. The van der Waals surface area contributed by atoms with Gasteiger partial charge >= 0.3 is 12.1 Å². The van der Waals surface area contributed by atoms with Gasteiger partial charge in [-0.2, -0.15) is 13.2 Å². The van der Waals surface area contributed by atoms with Crippen LogP contribution in [0, 0.1) is 13.8 Å². The zero-order valence-corrected chi connectivity index (χ0v) is 18.9. The van der Waals surface area contributed by atoms with Crippen molar-refractivity contribution in [3.63, 3.8) is 0 Å². The number of aryl methyl sites for hydroxylation is 2. The van der Waals surface area contributed by atoms with Crippen LogP contribution in [-0.4, -0.2) is 16.7 Å². The summed E-state index contributed by atoms with van der Waals surface area (Å²) in [6.45, 7) is 6.99. The molecule has 2 aromatic carbocycles. The van der Waals surface area contributed by atoms with Crippen molar-refractivity contribution in [2.45, 2.75) is 46.1 Å². The monoisotopic (exact) mass is 464 g/mol. The molecule has 0 fully saturated rings. The third-order valence-electron chi connectivity index (χ3n) is 4.94. The van der Waals surface area contributed by atoms with Crippen LogP contribution in [0.1, 0.15) is 35.4 Å². The molecule has 0 aliphatic rings. The number of carboxylic acid groups (broad SMARTS) is 1. The van der Waals surface area contributed by atoms with E-state index in [-0.39, 0.29) is 0 Å². The standard InChI is InChI=1S/C24H23F3O4S/c1-14-11-19(9-10-20(14)31-23(3,4)22(28)29)30-13-17-12-21(32-15(17)2)16-5-7-18(8-6-16)24(25,26)27/h5-12H,13H2,1-4H3,(H,28,29). The number of carbonyl (C=O) groups is 1. The van der Waals surface area contributed by atoms with E-state index in [2.05, 4.69) is 0 Å². The third kappa shape index (κ3) is 5.43. The number of hydrogen-bond donors (Lipinski definition) is 1. The molecule has 3 aromatic rings. The van der Waals surface area contributed by atoms with Crippen molar-refractivity contribution in [2.24, 2.45) is 0 Å². The highest BCUT2D eigenvalue weighted by Gasteiger charge is 2.30. The Kier molecular flexibility index (Phi) is 6.55. The lowest BCUT2D eigenvalue weighted by Crippen LogP contribution is -2.38. The lowest BCUT2D eigenvalue weighted by atomic mass is 10.1. The van der Waals surface area contributed by atoms with Gasteiger partial charge in [-0.15, -0.1) is 11.3 Å². The van der Waals surface area contributed by atoms with E-state index in [0.717, 1.165) is 38.6 Å². The van der Waals surface area contributed by atoms with Crippen molar-refractivity contribution in [1.82, 2.24) is 0 Å². The van der Waals surface area contributed by atoms with Crippen LogP contribution in [0.5, 0.6) is 11.5 Å². The molecule has 0 bridgehead atoms. The van der Waals surface area contributed by atoms with Gasteiger partial charge in [0.05, 0.1) is 5.56 Å². The molecule has 0 aliphatic heterocycles. The van der Waals surface area contributed by atoms with Crippen LogP contribution in [0.4, 0.5) is 13.2 Å². The molecule has 0 spiro atoms. The van der Waals surface area contributed by atoms with Crippen LogP contribution in [-0.2, 0) is 17.6 Å². The molecule has 3 rings (SSSR count). The number of benzene rings is 2. The number of alkyl halides is 3. The Morgan fingerprint density at radius 1 is 1.03 bits per heavy atom. The number of hydrogen-bond acceptors (Lipinski definition) is 4. The molecule has 0 aliphatic carbocycles. The van der Waals surface area contributed by atoms with E-state index in [1.165, 1.54) is 37.3 Å². The Morgan fingerprint density at radius 3 is 2.25 bits per heavy atom. The van der Waals surface area contributed by atoms with Crippen molar-refractivity contribution in [2.75, 3.05) is 0 Å². The first-order chi connectivity index (χ1) is 14.9. The normalized spacial score (nSPS) is 12.0. The van der Waals surface area contributed by atoms with Gasteiger partial charge in [-0.1, -0.05) is 12.1 Å². The molecule has 0 radical (unpaired) electrons. The minimum atomic E-state index is -4.36. The molecule has 0 atom stereocenters. The molecule has 1 heterocycles. The highest BCUT2D eigenvalue weighted by molar-refractivity contribution is 7.15. The van der Waals surface area contributed by atoms with Gasteiger partial charge < -0.3 is 14.6 Å². The average molecular weight is 465 g/mol. The number of rotatable bonds is 7. The van der Waals surface area contributed by atoms with Crippen LogP contribution in [0.3, 0.4) is 0 Å².